The van der Waals surface area contributed by atoms with Crippen molar-refractivity contribution in [1.29, 1.82) is 0 Å². The maximum absolute atomic E-state index is 13.1. The van der Waals surface area contributed by atoms with Crippen LogP contribution in [0.1, 0.15) is 44.9 Å². The smallest absolute Gasteiger partial charge is 0.294 e. The highest BCUT2D eigenvalue weighted by molar-refractivity contribution is 6.17. The van der Waals surface area contributed by atoms with Crippen molar-refractivity contribution in [1.82, 2.24) is 0 Å². The highest BCUT2D eigenvalue weighted by Crippen LogP contribution is 2.43. The fraction of sp³-hybridized carbons (Fsp3) is 0.360. The number of rotatable bonds is 7. The summed E-state index contributed by atoms with van der Waals surface area (Å²) in [4.78, 5) is 29.9. The molecule has 0 radical (unpaired) electrons. The van der Waals surface area contributed by atoms with Crippen LogP contribution in [-0.4, -0.2) is 29.9 Å². The van der Waals surface area contributed by atoms with Gasteiger partial charge in [0.25, 0.3) is 5.91 Å². The Bertz CT molecular complexity index is 972. The molecule has 0 spiro atoms. The van der Waals surface area contributed by atoms with Gasteiger partial charge < -0.3 is 10.0 Å². The van der Waals surface area contributed by atoms with Crippen LogP contribution >= 0.6 is 0 Å². The van der Waals surface area contributed by atoms with Gasteiger partial charge in [-0.2, -0.15) is 0 Å². The van der Waals surface area contributed by atoms with E-state index >= 15 is 0 Å². The summed E-state index contributed by atoms with van der Waals surface area (Å²) in [6.45, 7) is 11.5. The zero-order valence-corrected chi connectivity index (χ0v) is 18.3. The molecule has 3 rings (SSSR count). The van der Waals surface area contributed by atoms with Crippen molar-refractivity contribution in [3.05, 3.63) is 71.0 Å². The molecule has 5 nitrogen and oxygen atoms in total. The Morgan fingerprint density at radius 2 is 1.67 bits per heavy atom. The van der Waals surface area contributed by atoms with Crippen LogP contribution in [0.5, 0.6) is 0 Å². The lowest BCUT2D eigenvalue weighted by molar-refractivity contribution is -0.119. The molecule has 0 fully saturated rings. The fourth-order valence-electron chi connectivity index (χ4n) is 4.03. The summed E-state index contributed by atoms with van der Waals surface area (Å²) in [5, 5.41) is 10.7. The largest absolute Gasteiger partial charge is 0.503 e. The number of carbonyl (C=O) groups is 2. The monoisotopic (exact) mass is 406 g/mol. The maximum Gasteiger partial charge on any atom is 0.294 e. The SMILES string of the molecule is CCN(CC)c1ccc(N2C(=O)C(O)=C(C(=O)C(C)C)C2c2ccccc2C)cc1. The average molecular weight is 407 g/mol. The number of Topliss-reactive ketones (excluding diaryl/α,β-unsaturated/α-hetero) is 1. The van der Waals surface area contributed by atoms with E-state index in [4.69, 9.17) is 0 Å². The summed E-state index contributed by atoms with van der Waals surface area (Å²) in [6, 6.07) is 14.7. The lowest BCUT2D eigenvalue weighted by Crippen LogP contribution is -2.32. The molecular weight excluding hydrogens is 376 g/mol. The van der Waals surface area contributed by atoms with Crippen molar-refractivity contribution < 1.29 is 14.7 Å². The van der Waals surface area contributed by atoms with Crippen LogP contribution < -0.4 is 9.80 Å². The number of nitrogens with zero attached hydrogens (tertiary/aromatic N) is 2. The predicted octanol–water partition coefficient (Wildman–Crippen LogP) is 4.97. The molecule has 0 saturated heterocycles. The number of aliphatic hydroxyl groups excluding tert-OH is 1. The summed E-state index contributed by atoms with van der Waals surface area (Å²) < 4.78 is 0. The van der Waals surface area contributed by atoms with Crippen LogP contribution in [0.4, 0.5) is 11.4 Å². The second-order valence-corrected chi connectivity index (χ2v) is 7.90. The third-order valence-electron chi connectivity index (χ3n) is 5.74. The molecular formula is C25H30N2O3. The average Bonchev–Trinajstić information content (AvgIpc) is 3.00. The van der Waals surface area contributed by atoms with Crippen LogP contribution in [0.15, 0.2) is 59.9 Å². The number of ketones is 1. The molecule has 2 aromatic carbocycles. The van der Waals surface area contributed by atoms with Gasteiger partial charge in [0, 0.05) is 30.4 Å². The number of anilines is 2. The van der Waals surface area contributed by atoms with Crippen molar-refractivity contribution in [2.45, 2.75) is 40.7 Å². The van der Waals surface area contributed by atoms with Crippen LogP contribution in [0.3, 0.4) is 0 Å². The Hall–Kier alpha value is -3.08. The number of hydrogen-bond donors (Lipinski definition) is 1. The lowest BCUT2D eigenvalue weighted by Gasteiger charge is -2.29. The van der Waals surface area contributed by atoms with E-state index in [1.165, 1.54) is 0 Å². The Morgan fingerprint density at radius 3 is 2.20 bits per heavy atom. The summed E-state index contributed by atoms with van der Waals surface area (Å²) in [5.41, 5.74) is 3.70. The number of aliphatic hydroxyl groups is 1. The first-order valence-electron chi connectivity index (χ1n) is 10.5. The molecule has 0 aromatic heterocycles. The van der Waals surface area contributed by atoms with E-state index < -0.39 is 17.7 Å². The molecule has 1 N–H and O–H groups in total. The van der Waals surface area contributed by atoms with Crippen molar-refractivity contribution in [3.63, 3.8) is 0 Å². The third-order valence-corrected chi connectivity index (χ3v) is 5.74. The van der Waals surface area contributed by atoms with Crippen molar-refractivity contribution in [3.8, 4) is 0 Å². The Morgan fingerprint density at radius 1 is 1.07 bits per heavy atom. The fourth-order valence-corrected chi connectivity index (χ4v) is 4.03. The first-order chi connectivity index (χ1) is 14.3. The third kappa shape index (κ3) is 3.72. The molecule has 1 unspecified atom stereocenters. The van der Waals surface area contributed by atoms with E-state index in [1.54, 1.807) is 18.7 Å². The summed E-state index contributed by atoms with van der Waals surface area (Å²) >= 11 is 0. The maximum atomic E-state index is 13.1. The summed E-state index contributed by atoms with van der Waals surface area (Å²) in [7, 11) is 0. The molecule has 0 bridgehead atoms. The zero-order chi connectivity index (χ0) is 22.0. The lowest BCUT2D eigenvalue weighted by atomic mass is 9.89. The minimum atomic E-state index is -0.645. The van der Waals surface area contributed by atoms with E-state index in [0.29, 0.717) is 5.69 Å². The Kier molecular flexibility index (Phi) is 6.30. The number of aryl methyl sites for hydroxylation is 1. The normalized spacial score (nSPS) is 16.5. The van der Waals surface area contributed by atoms with E-state index in [2.05, 4.69) is 18.7 Å². The number of benzene rings is 2. The molecule has 2 aromatic rings. The van der Waals surface area contributed by atoms with E-state index in [0.717, 1.165) is 29.9 Å². The van der Waals surface area contributed by atoms with Crippen molar-refractivity contribution in [2.24, 2.45) is 5.92 Å². The van der Waals surface area contributed by atoms with Crippen LogP contribution in [0.25, 0.3) is 0 Å². The molecule has 1 amide bonds. The van der Waals surface area contributed by atoms with Crippen LogP contribution in [0, 0.1) is 12.8 Å². The molecule has 1 heterocycles. The molecule has 0 saturated carbocycles. The molecule has 30 heavy (non-hydrogen) atoms. The minimum absolute atomic E-state index is 0.178. The standard InChI is InChI=1S/C25H30N2O3/c1-6-26(7-2)18-12-14-19(15-13-18)27-22(20-11-9-8-10-17(20)5)21(23(28)16(3)4)24(29)25(27)30/h8-16,22,29H,6-7H2,1-5H3. The summed E-state index contributed by atoms with van der Waals surface area (Å²) in [5.74, 6) is -1.53. The van der Waals surface area contributed by atoms with Crippen molar-refractivity contribution in [2.75, 3.05) is 22.9 Å². The highest BCUT2D eigenvalue weighted by Gasteiger charge is 2.45. The van der Waals surface area contributed by atoms with Crippen LogP contribution in [0.2, 0.25) is 0 Å². The second-order valence-electron chi connectivity index (χ2n) is 7.90. The van der Waals surface area contributed by atoms with Gasteiger partial charge >= 0.3 is 0 Å². The van der Waals surface area contributed by atoms with E-state index in [-0.39, 0.29) is 17.3 Å². The van der Waals surface area contributed by atoms with Crippen LogP contribution in [-0.2, 0) is 9.59 Å². The number of hydrogen-bond acceptors (Lipinski definition) is 4. The highest BCUT2D eigenvalue weighted by atomic mass is 16.3. The van der Waals surface area contributed by atoms with Gasteiger partial charge in [-0.05, 0) is 56.2 Å². The molecule has 1 atom stereocenters. The van der Waals surface area contributed by atoms with Gasteiger partial charge in [0.05, 0.1) is 11.6 Å². The first-order valence-corrected chi connectivity index (χ1v) is 10.5. The molecule has 0 aliphatic carbocycles. The predicted molar refractivity (Wildman–Crippen MR) is 121 cm³/mol. The Labute approximate surface area is 178 Å². The second kappa shape index (κ2) is 8.74. The zero-order valence-electron chi connectivity index (χ0n) is 18.3. The quantitative estimate of drug-likeness (QED) is 0.705. The van der Waals surface area contributed by atoms with Gasteiger partial charge in [0.2, 0.25) is 0 Å². The van der Waals surface area contributed by atoms with E-state index in [1.807, 2.05) is 55.5 Å². The van der Waals surface area contributed by atoms with Gasteiger partial charge in [0.1, 0.15) is 0 Å². The molecule has 1 aliphatic rings. The van der Waals surface area contributed by atoms with Gasteiger partial charge in [-0.15, -0.1) is 0 Å². The van der Waals surface area contributed by atoms with Gasteiger partial charge in [-0.1, -0.05) is 38.1 Å². The van der Waals surface area contributed by atoms with Crippen molar-refractivity contribution >= 4 is 23.1 Å². The molecule has 5 heteroatoms. The van der Waals surface area contributed by atoms with Gasteiger partial charge in [-0.25, -0.2) is 0 Å². The Balaban J connectivity index is 2.12. The van der Waals surface area contributed by atoms with Gasteiger partial charge in [-0.3, -0.25) is 14.5 Å². The number of carbonyl (C=O) groups excluding carboxylic acids is 2. The molecule has 1 aliphatic heterocycles. The topological polar surface area (TPSA) is 60.9 Å². The first kappa shape index (κ1) is 21.6. The van der Waals surface area contributed by atoms with E-state index in [9.17, 15) is 14.7 Å². The molecule has 158 valence electrons. The van der Waals surface area contributed by atoms with Gasteiger partial charge in [0.15, 0.2) is 11.5 Å². The minimum Gasteiger partial charge on any atom is -0.503 e. The summed E-state index contributed by atoms with van der Waals surface area (Å²) in [6.07, 6.45) is 0. The number of amides is 1.